The molecule has 41 heavy (non-hydrogen) atoms. The number of nitrogens with one attached hydrogen (secondary N) is 1. The fourth-order valence-corrected chi connectivity index (χ4v) is 5.10. The zero-order valence-corrected chi connectivity index (χ0v) is 24.6. The molecule has 4 saturated heterocycles. The van der Waals surface area contributed by atoms with Crippen LogP contribution in [0.2, 0.25) is 15.2 Å². The number of halogens is 3. The normalized spacial score (nSPS) is 22.5. The first-order chi connectivity index (χ1) is 19.7. The summed E-state index contributed by atoms with van der Waals surface area (Å²) in [5.74, 6) is 1.52. The van der Waals surface area contributed by atoms with Gasteiger partial charge in [0.2, 0.25) is 5.91 Å². The predicted molar refractivity (Wildman–Crippen MR) is 156 cm³/mol. The molecule has 2 aromatic heterocycles. The zero-order valence-electron chi connectivity index (χ0n) is 22.3. The molecule has 4 aliphatic rings. The summed E-state index contributed by atoms with van der Waals surface area (Å²) in [4.78, 5) is 36.5. The van der Waals surface area contributed by atoms with Crippen molar-refractivity contribution in [2.24, 2.45) is 0 Å². The lowest BCUT2D eigenvalue weighted by molar-refractivity contribution is -0.126. The van der Waals surface area contributed by atoms with Gasteiger partial charge in [0, 0.05) is 55.7 Å². The molecule has 12 nitrogen and oxygen atoms in total. The van der Waals surface area contributed by atoms with E-state index in [1.807, 2.05) is 6.07 Å². The van der Waals surface area contributed by atoms with Gasteiger partial charge in [-0.15, -0.1) is 0 Å². The Hall–Kier alpha value is -2.45. The van der Waals surface area contributed by atoms with E-state index in [9.17, 15) is 14.7 Å². The second kappa shape index (κ2) is 15.1. The highest BCUT2D eigenvalue weighted by Crippen LogP contribution is 2.27. The van der Waals surface area contributed by atoms with Crippen molar-refractivity contribution in [3.8, 4) is 0 Å². The van der Waals surface area contributed by atoms with Crippen LogP contribution in [0.3, 0.4) is 0 Å². The van der Waals surface area contributed by atoms with Gasteiger partial charge in [-0.1, -0.05) is 34.8 Å². The van der Waals surface area contributed by atoms with E-state index in [1.54, 1.807) is 18.2 Å². The summed E-state index contributed by atoms with van der Waals surface area (Å²) in [6, 6.07) is 6.89. The van der Waals surface area contributed by atoms with E-state index in [4.69, 9.17) is 49.4 Å². The van der Waals surface area contributed by atoms with Crippen LogP contribution in [0, 0.1) is 0 Å². The number of ether oxygens (including phenoxy) is 2. The van der Waals surface area contributed by atoms with E-state index >= 15 is 0 Å². The highest BCUT2D eigenvalue weighted by molar-refractivity contribution is 6.34. The van der Waals surface area contributed by atoms with E-state index in [-0.39, 0.29) is 11.8 Å². The Balaban J connectivity index is 0.000000159. The molecule has 2 aromatic rings. The monoisotopic (exact) mass is 630 g/mol. The van der Waals surface area contributed by atoms with Crippen LogP contribution in [0.1, 0.15) is 12.8 Å². The van der Waals surface area contributed by atoms with Crippen molar-refractivity contribution in [3.05, 3.63) is 39.5 Å². The summed E-state index contributed by atoms with van der Waals surface area (Å²) in [6.45, 7) is 7.04. The number of carbonyl (C=O) groups is 2. The lowest BCUT2D eigenvalue weighted by Crippen LogP contribution is -2.37. The van der Waals surface area contributed by atoms with Gasteiger partial charge in [-0.05, 0) is 30.7 Å². The summed E-state index contributed by atoms with van der Waals surface area (Å²) in [7, 11) is 0. The van der Waals surface area contributed by atoms with Crippen LogP contribution in [0.25, 0.3) is 0 Å². The molecule has 6 rings (SSSR count). The Morgan fingerprint density at radius 2 is 1.27 bits per heavy atom. The SMILES string of the molecule is Clc1cc(Cl)nc(N2CCOCC2)c1.O=C1C(O)CCN1c1cc(Cl)cc(N2CCOCC2)n1.O=C1NCCC1O. The van der Waals surface area contributed by atoms with Crippen LogP contribution in [-0.4, -0.2) is 110 Å². The molecule has 0 radical (unpaired) electrons. The van der Waals surface area contributed by atoms with Gasteiger partial charge in [0.15, 0.2) is 0 Å². The molecule has 0 aliphatic carbocycles. The fraction of sp³-hybridized carbons (Fsp3) is 0.538. The minimum atomic E-state index is -0.928. The van der Waals surface area contributed by atoms with Gasteiger partial charge in [0.05, 0.1) is 26.4 Å². The number of aliphatic hydroxyl groups is 2. The second-order valence-electron chi connectivity index (χ2n) is 9.56. The van der Waals surface area contributed by atoms with Crippen LogP contribution in [-0.2, 0) is 19.1 Å². The smallest absolute Gasteiger partial charge is 0.257 e. The number of morpholine rings is 2. The maximum absolute atomic E-state index is 11.9. The number of hydrogen-bond acceptors (Lipinski definition) is 10. The van der Waals surface area contributed by atoms with E-state index in [0.29, 0.717) is 60.2 Å². The lowest BCUT2D eigenvalue weighted by atomic mass is 10.3. The number of rotatable bonds is 3. The Kier molecular flexibility index (Phi) is 11.6. The van der Waals surface area contributed by atoms with Crippen LogP contribution in [0.15, 0.2) is 24.3 Å². The average Bonchev–Trinajstić information content (AvgIpc) is 3.52. The molecule has 2 atom stereocenters. The molecule has 0 spiro atoms. The quantitative estimate of drug-likeness (QED) is 0.429. The number of aromatic nitrogens is 2. The Labute approximate surface area is 253 Å². The van der Waals surface area contributed by atoms with E-state index < -0.39 is 12.2 Å². The van der Waals surface area contributed by atoms with Crippen LogP contribution in [0.4, 0.5) is 17.5 Å². The van der Waals surface area contributed by atoms with Gasteiger partial charge >= 0.3 is 0 Å². The molecule has 3 N–H and O–H groups in total. The van der Waals surface area contributed by atoms with Gasteiger partial charge in [0.25, 0.3) is 5.91 Å². The molecule has 0 saturated carbocycles. The lowest BCUT2D eigenvalue weighted by Gasteiger charge is -2.28. The summed E-state index contributed by atoms with van der Waals surface area (Å²) in [6.07, 6.45) is -0.665. The molecule has 2 amide bonds. The number of hydrogen-bond donors (Lipinski definition) is 3. The average molecular weight is 632 g/mol. The maximum Gasteiger partial charge on any atom is 0.257 e. The zero-order chi connectivity index (χ0) is 29.4. The molecular weight excluding hydrogens is 599 g/mol. The third-order valence-electron chi connectivity index (χ3n) is 6.65. The first kappa shape index (κ1) is 31.5. The molecule has 0 aromatic carbocycles. The third-order valence-corrected chi connectivity index (χ3v) is 7.28. The van der Waals surface area contributed by atoms with Gasteiger partial charge in [0.1, 0.15) is 34.8 Å². The molecule has 4 aliphatic heterocycles. The molecule has 6 heterocycles. The number of aliphatic hydroxyl groups excluding tert-OH is 2. The molecule has 2 unspecified atom stereocenters. The largest absolute Gasteiger partial charge is 0.383 e. The number of nitrogens with zero attached hydrogens (tertiary/aromatic N) is 5. The summed E-state index contributed by atoms with van der Waals surface area (Å²) in [5.41, 5.74) is 0. The molecule has 15 heteroatoms. The van der Waals surface area contributed by atoms with E-state index in [0.717, 1.165) is 51.0 Å². The third kappa shape index (κ3) is 9.02. The summed E-state index contributed by atoms with van der Waals surface area (Å²) < 4.78 is 10.6. The Morgan fingerprint density at radius 3 is 1.71 bits per heavy atom. The van der Waals surface area contributed by atoms with Crippen molar-refractivity contribution in [3.63, 3.8) is 0 Å². The Morgan fingerprint density at radius 1 is 0.732 bits per heavy atom. The van der Waals surface area contributed by atoms with E-state index in [2.05, 4.69) is 25.1 Å². The Bertz CT molecular complexity index is 1180. The van der Waals surface area contributed by atoms with Crippen molar-refractivity contribution in [2.75, 3.05) is 80.4 Å². The van der Waals surface area contributed by atoms with Crippen molar-refractivity contribution in [2.45, 2.75) is 25.0 Å². The highest BCUT2D eigenvalue weighted by atomic mass is 35.5. The first-order valence-electron chi connectivity index (χ1n) is 13.3. The van der Waals surface area contributed by atoms with Gasteiger partial charge in [-0.2, -0.15) is 0 Å². The minimum absolute atomic E-state index is 0.236. The minimum Gasteiger partial charge on any atom is -0.383 e. The molecular formula is C26H33Cl3N6O6. The summed E-state index contributed by atoms with van der Waals surface area (Å²) in [5, 5.41) is 22.2. The fourth-order valence-electron chi connectivity index (χ4n) is 4.44. The first-order valence-corrected chi connectivity index (χ1v) is 14.5. The van der Waals surface area contributed by atoms with Crippen molar-refractivity contribution in [1.29, 1.82) is 0 Å². The summed E-state index contributed by atoms with van der Waals surface area (Å²) >= 11 is 17.8. The number of carbonyl (C=O) groups excluding carboxylic acids is 2. The van der Waals surface area contributed by atoms with E-state index in [1.165, 1.54) is 4.90 Å². The second-order valence-corrected chi connectivity index (χ2v) is 10.8. The molecule has 224 valence electrons. The van der Waals surface area contributed by atoms with Crippen molar-refractivity contribution < 1.29 is 29.3 Å². The maximum atomic E-state index is 11.9. The van der Waals surface area contributed by atoms with Crippen LogP contribution < -0.4 is 20.0 Å². The topological polar surface area (TPSA) is 141 Å². The van der Waals surface area contributed by atoms with Gasteiger partial charge in [-0.25, -0.2) is 9.97 Å². The molecule has 0 bridgehead atoms. The van der Waals surface area contributed by atoms with Gasteiger partial charge in [-0.3, -0.25) is 14.5 Å². The van der Waals surface area contributed by atoms with Crippen molar-refractivity contribution >= 4 is 64.1 Å². The highest BCUT2D eigenvalue weighted by Gasteiger charge is 2.32. The van der Waals surface area contributed by atoms with Gasteiger partial charge < -0.3 is 34.8 Å². The number of anilines is 3. The predicted octanol–water partition coefficient (Wildman–Crippen LogP) is 1.76. The number of amides is 2. The number of pyridine rings is 2. The van der Waals surface area contributed by atoms with Crippen molar-refractivity contribution in [1.82, 2.24) is 15.3 Å². The van der Waals surface area contributed by atoms with Crippen LogP contribution in [0.5, 0.6) is 0 Å². The van der Waals surface area contributed by atoms with Crippen LogP contribution >= 0.6 is 34.8 Å². The standard InChI is InChI=1S/C13H16ClN3O3.C9H10Cl2N2O.C4H7NO2/c14-9-7-11(16-3-5-20-6-4-16)15-12(8-9)17-2-1-10(18)13(17)19;10-7-5-8(11)12-9(6-7)13-1-3-14-4-2-13;6-3-1-2-5-4(3)7/h7-8,10,18H,1-6H2;5-6H,1-4H2;3,6H,1-2H2,(H,5,7). The molecule has 4 fully saturated rings.